The summed E-state index contributed by atoms with van der Waals surface area (Å²) in [4.78, 5) is 44.0. The Bertz CT molecular complexity index is 1520. The summed E-state index contributed by atoms with van der Waals surface area (Å²) >= 11 is 0. The monoisotopic (exact) mass is 595 g/mol. The maximum atomic E-state index is 12.9. The highest BCUT2D eigenvalue weighted by molar-refractivity contribution is 6.60. The predicted octanol–water partition coefficient (Wildman–Crippen LogP) is -0.578. The lowest BCUT2D eigenvalue weighted by atomic mass is 9.49. The lowest BCUT2D eigenvalue weighted by Crippen LogP contribution is -2.50. The minimum atomic E-state index is -2.02. The first kappa shape index (κ1) is 31.0. The van der Waals surface area contributed by atoms with E-state index in [4.69, 9.17) is 37.5 Å². The number of anilines is 3. The van der Waals surface area contributed by atoms with Gasteiger partial charge in [0.15, 0.2) is 23.1 Å². The third kappa shape index (κ3) is 8.14. The molecule has 2 aliphatic rings. The number of nitrogens with zero attached hydrogens (tertiary/aromatic N) is 5. The smallest absolute Gasteiger partial charge is 0.272 e. The molecule has 1 aromatic carbocycles. The Kier molecular flexibility index (Phi) is 9.49. The van der Waals surface area contributed by atoms with Crippen LogP contribution in [-0.4, -0.2) is 112 Å². The second kappa shape index (κ2) is 13.5. The molecule has 1 aliphatic carbocycles. The number of morpholine rings is 1. The molecule has 3 heterocycles. The highest BCUT2D eigenvalue weighted by atomic mass is 16.5. The Balaban J connectivity index is 1.35. The van der Waals surface area contributed by atoms with Crippen molar-refractivity contribution in [2.75, 3.05) is 50.6 Å². The van der Waals surface area contributed by atoms with E-state index in [-0.39, 0.29) is 65.5 Å². The molecule has 0 unspecified atom stereocenters. The Morgan fingerprint density at radius 3 is 2.59 bits per heavy atom. The number of hydrogen-bond acceptors (Lipinski definition) is 12. The number of carbonyl (C=O) groups excluding carboxylic acids is 3. The number of ether oxygens (including phenoxy) is 2. The molecular formula is C26H28B3N9O6. The van der Waals surface area contributed by atoms with Crippen molar-refractivity contribution in [3.05, 3.63) is 35.8 Å². The minimum absolute atomic E-state index is 0.0638. The Morgan fingerprint density at radius 1 is 1.11 bits per heavy atom. The van der Waals surface area contributed by atoms with Crippen molar-refractivity contribution in [3.63, 3.8) is 0 Å². The molecule has 0 atom stereocenters. The van der Waals surface area contributed by atoms with E-state index in [0.717, 1.165) is 12.8 Å². The first-order valence-corrected chi connectivity index (χ1v) is 13.8. The van der Waals surface area contributed by atoms with Crippen molar-refractivity contribution in [1.82, 2.24) is 35.9 Å². The summed E-state index contributed by atoms with van der Waals surface area (Å²) in [6, 6.07) is 6.51. The van der Waals surface area contributed by atoms with E-state index in [0.29, 0.717) is 37.6 Å². The van der Waals surface area contributed by atoms with E-state index < -0.39 is 11.1 Å². The molecule has 2 aromatic heterocycles. The number of carbonyl (C=O) groups is 3. The zero-order chi connectivity index (χ0) is 31.3. The standard InChI is InChI=1S/C26H28B3N9O6/c1-42-22-15(25-33-19(37-44-25)12-30-20(39)13-38-7-9-43-10-8-38)3-2-4-16(22)31-17-11-18(32-23(40)14-5-6-14)35-36-21(17)24(41)34-26(27,28)29/h2-4,11,14H,5-10,12-13H2,1H3,(H,30,39)(H,34,41)(H2,31,32,35,40). The van der Waals surface area contributed by atoms with Crippen LogP contribution >= 0.6 is 0 Å². The molecule has 0 spiro atoms. The van der Waals surface area contributed by atoms with Gasteiger partial charge in [-0.25, -0.2) is 0 Å². The van der Waals surface area contributed by atoms with E-state index in [1.54, 1.807) is 18.2 Å². The van der Waals surface area contributed by atoms with Crippen molar-refractivity contribution in [1.29, 1.82) is 0 Å². The molecule has 44 heavy (non-hydrogen) atoms. The molecule has 222 valence electrons. The normalized spacial score (nSPS) is 15.3. The van der Waals surface area contributed by atoms with Crippen LogP contribution in [0.3, 0.4) is 0 Å². The van der Waals surface area contributed by atoms with Gasteiger partial charge in [0.1, 0.15) is 0 Å². The zero-order valence-electron chi connectivity index (χ0n) is 24.0. The maximum absolute atomic E-state index is 12.9. The van der Waals surface area contributed by atoms with Crippen LogP contribution in [0.5, 0.6) is 5.75 Å². The van der Waals surface area contributed by atoms with Crippen LogP contribution in [0.15, 0.2) is 28.8 Å². The van der Waals surface area contributed by atoms with Crippen molar-refractivity contribution >= 4 is 58.5 Å². The number of rotatable bonds is 12. The second-order valence-corrected chi connectivity index (χ2v) is 10.3. The molecule has 18 heteroatoms. The quantitative estimate of drug-likeness (QED) is 0.196. The number of para-hydroxylation sites is 1. The van der Waals surface area contributed by atoms with Gasteiger partial charge in [-0.15, -0.1) is 10.2 Å². The van der Waals surface area contributed by atoms with Gasteiger partial charge in [0.2, 0.25) is 11.8 Å². The van der Waals surface area contributed by atoms with Crippen molar-refractivity contribution < 1.29 is 28.4 Å². The zero-order valence-corrected chi connectivity index (χ0v) is 24.0. The van der Waals surface area contributed by atoms with Crippen LogP contribution in [0.1, 0.15) is 29.2 Å². The van der Waals surface area contributed by atoms with Crippen molar-refractivity contribution in [2.24, 2.45) is 5.92 Å². The average molecular weight is 595 g/mol. The molecule has 5 rings (SSSR count). The predicted molar refractivity (Wildman–Crippen MR) is 160 cm³/mol. The van der Waals surface area contributed by atoms with Crippen LogP contribution in [-0.2, 0) is 20.9 Å². The third-order valence-corrected chi connectivity index (χ3v) is 6.64. The van der Waals surface area contributed by atoms with Gasteiger partial charge in [-0.2, -0.15) is 4.98 Å². The minimum Gasteiger partial charge on any atom is -0.494 e. The van der Waals surface area contributed by atoms with E-state index in [9.17, 15) is 14.4 Å². The van der Waals surface area contributed by atoms with Gasteiger partial charge in [-0.3, -0.25) is 19.3 Å². The summed E-state index contributed by atoms with van der Waals surface area (Å²) in [7, 11) is 18.1. The number of methoxy groups -OCH3 is 1. The van der Waals surface area contributed by atoms with Crippen LogP contribution in [0, 0.1) is 5.92 Å². The summed E-state index contributed by atoms with van der Waals surface area (Å²) in [5, 5.41) is 20.7. The van der Waals surface area contributed by atoms with Gasteiger partial charge in [-0.1, -0.05) is 16.5 Å². The first-order valence-electron chi connectivity index (χ1n) is 13.8. The van der Waals surface area contributed by atoms with E-state index in [2.05, 4.69) is 41.6 Å². The highest BCUT2D eigenvalue weighted by Gasteiger charge is 2.30. The molecule has 0 bridgehead atoms. The SMILES string of the molecule is [B]C([B])([B])NC(=O)c1nnc(NC(=O)C2CC2)cc1Nc1cccc(-c2nc(CNC(=O)CN3CCOCC3)no2)c1OC. The fourth-order valence-corrected chi connectivity index (χ4v) is 4.35. The Labute approximate surface area is 256 Å². The maximum Gasteiger partial charge on any atom is 0.272 e. The molecule has 15 nitrogen and oxygen atoms in total. The molecule has 1 aliphatic heterocycles. The molecule has 6 radical (unpaired) electrons. The van der Waals surface area contributed by atoms with Gasteiger partial charge in [-0.05, 0) is 25.0 Å². The molecule has 2 fully saturated rings. The number of hydrogen-bond donors (Lipinski definition) is 4. The topological polar surface area (TPSA) is 186 Å². The van der Waals surface area contributed by atoms with Gasteiger partial charge < -0.3 is 35.3 Å². The van der Waals surface area contributed by atoms with Gasteiger partial charge in [0.25, 0.3) is 11.8 Å². The van der Waals surface area contributed by atoms with Crippen molar-refractivity contribution in [2.45, 2.75) is 24.6 Å². The largest absolute Gasteiger partial charge is 0.494 e. The second-order valence-electron chi connectivity index (χ2n) is 10.3. The van der Waals surface area contributed by atoms with Gasteiger partial charge in [0.05, 0.1) is 73.9 Å². The van der Waals surface area contributed by atoms with Crippen LogP contribution < -0.4 is 26.0 Å². The van der Waals surface area contributed by atoms with E-state index in [1.165, 1.54) is 13.2 Å². The van der Waals surface area contributed by atoms with Crippen molar-refractivity contribution in [3.8, 4) is 17.2 Å². The summed E-state index contributed by atoms with van der Waals surface area (Å²) in [6.07, 6.45) is 1.58. The molecule has 1 saturated carbocycles. The summed E-state index contributed by atoms with van der Waals surface area (Å²) < 4.78 is 16.4. The fourth-order valence-electron chi connectivity index (χ4n) is 4.35. The first-order chi connectivity index (χ1) is 21.1. The molecule has 3 aromatic rings. The number of benzene rings is 1. The molecule has 1 saturated heterocycles. The molecule has 3 amide bonds. The molecular weight excluding hydrogens is 567 g/mol. The Hall–Kier alpha value is -4.44. The third-order valence-electron chi connectivity index (χ3n) is 6.64. The average Bonchev–Trinajstić information content (AvgIpc) is 3.73. The lowest BCUT2D eigenvalue weighted by Gasteiger charge is -2.25. The Morgan fingerprint density at radius 2 is 1.89 bits per heavy atom. The fraction of sp³-hybridized carbons (Fsp3) is 0.423. The summed E-state index contributed by atoms with van der Waals surface area (Å²) in [5.41, 5.74) is 0.735. The van der Waals surface area contributed by atoms with E-state index in [1.807, 2.05) is 4.90 Å². The van der Waals surface area contributed by atoms with E-state index >= 15 is 0 Å². The van der Waals surface area contributed by atoms with Gasteiger partial charge in [0, 0.05) is 25.1 Å². The number of aromatic nitrogens is 4. The number of nitrogens with one attached hydrogen (secondary N) is 4. The van der Waals surface area contributed by atoms with Crippen LogP contribution in [0.2, 0.25) is 0 Å². The number of amides is 3. The summed E-state index contributed by atoms with van der Waals surface area (Å²) in [6.45, 7) is 2.88. The van der Waals surface area contributed by atoms with Crippen LogP contribution in [0.25, 0.3) is 11.5 Å². The van der Waals surface area contributed by atoms with Crippen LogP contribution in [0.4, 0.5) is 17.2 Å². The summed E-state index contributed by atoms with van der Waals surface area (Å²) in [5.74, 6) is -0.474. The van der Waals surface area contributed by atoms with Gasteiger partial charge >= 0.3 is 0 Å². The molecule has 4 N–H and O–H groups in total. The lowest BCUT2D eigenvalue weighted by molar-refractivity contribution is -0.123. The highest BCUT2D eigenvalue weighted by Crippen LogP contribution is 2.38.